The molecule has 0 aromatic heterocycles. The van der Waals surface area contributed by atoms with Crippen LogP contribution < -0.4 is 10.3 Å². The Kier molecular flexibility index (Phi) is 9.98. The van der Waals surface area contributed by atoms with E-state index in [0.29, 0.717) is 11.8 Å². The Morgan fingerprint density at radius 3 is 1.19 bits per heavy atom. The Labute approximate surface area is 157 Å². The minimum atomic E-state index is -3.41. The first kappa shape index (κ1) is 23.8. The monoisotopic (exact) mass is 414 g/mol. The Morgan fingerprint density at radius 1 is 0.692 bits per heavy atom. The summed E-state index contributed by atoms with van der Waals surface area (Å²) in [4.78, 5) is 0. The van der Waals surface area contributed by atoms with Crippen molar-refractivity contribution in [3.8, 4) is 0 Å². The van der Waals surface area contributed by atoms with Crippen LogP contribution in [0.1, 0.15) is 64.2 Å². The molecule has 2 aliphatic carbocycles. The first-order valence-electron chi connectivity index (χ1n) is 9.35. The number of rotatable bonds is 8. The molecule has 0 heterocycles. The number of sulfonamides is 2. The topological polar surface area (TPSA) is 161 Å². The summed E-state index contributed by atoms with van der Waals surface area (Å²) in [7, 11) is -6.82. The fourth-order valence-electron chi connectivity index (χ4n) is 3.73. The third-order valence-corrected chi connectivity index (χ3v) is 6.89. The first-order valence-corrected chi connectivity index (χ1v) is 12.8. The Balaban J connectivity index is 0.000000260. The number of hydrogen-bond donors (Lipinski definition) is 4. The van der Waals surface area contributed by atoms with Crippen LogP contribution in [0.25, 0.3) is 0 Å². The predicted octanol–water partition coefficient (Wildman–Crippen LogP) is 0.432. The highest BCUT2D eigenvalue weighted by Gasteiger charge is 2.24. The lowest BCUT2D eigenvalue weighted by Gasteiger charge is -2.16. The highest BCUT2D eigenvalue weighted by Crippen LogP contribution is 2.29. The van der Waals surface area contributed by atoms with Crippen LogP contribution in [0.5, 0.6) is 0 Å². The zero-order valence-corrected chi connectivity index (χ0v) is 16.9. The molecule has 0 radical (unpaired) electrons. The molecule has 156 valence electrons. The van der Waals surface area contributed by atoms with Crippen molar-refractivity contribution < 1.29 is 27.0 Å². The Bertz CT molecular complexity index is 542. The molecule has 0 amide bonds. The summed E-state index contributed by atoms with van der Waals surface area (Å²) >= 11 is 0. The third-order valence-electron chi connectivity index (χ3n) is 5.28. The minimum absolute atomic E-state index is 0.106. The normalized spacial score (nSPS) is 22.0. The molecule has 2 aliphatic rings. The van der Waals surface area contributed by atoms with Gasteiger partial charge in [0.05, 0.1) is 23.7 Å². The number of hydrogen-bond acceptors (Lipinski definition) is 6. The van der Waals surface area contributed by atoms with Crippen molar-refractivity contribution in [2.24, 2.45) is 22.1 Å². The summed E-state index contributed by atoms with van der Waals surface area (Å²) in [6.07, 6.45) is 8.27. The second kappa shape index (κ2) is 10.9. The molecule has 26 heavy (non-hydrogen) atoms. The van der Waals surface area contributed by atoms with Crippen LogP contribution in [0.2, 0.25) is 0 Å². The molecule has 0 aromatic carbocycles. The smallest absolute Gasteiger partial charge is 0.209 e. The van der Waals surface area contributed by atoms with Crippen LogP contribution in [0.3, 0.4) is 0 Å². The van der Waals surface area contributed by atoms with Crippen molar-refractivity contribution in [1.82, 2.24) is 0 Å². The molecule has 2 atom stereocenters. The van der Waals surface area contributed by atoms with Gasteiger partial charge in [0.15, 0.2) is 0 Å². The van der Waals surface area contributed by atoms with Gasteiger partial charge < -0.3 is 10.2 Å². The molecule has 10 heteroatoms. The van der Waals surface area contributed by atoms with E-state index in [1.54, 1.807) is 0 Å². The molecule has 2 fully saturated rings. The molecule has 2 rings (SSSR count). The summed E-state index contributed by atoms with van der Waals surface area (Å²) in [5, 5.41) is 28.9. The maximum absolute atomic E-state index is 10.6. The summed E-state index contributed by atoms with van der Waals surface area (Å²) in [6.45, 7) is 0. The van der Waals surface area contributed by atoms with Crippen LogP contribution >= 0.6 is 0 Å². The SMILES string of the molecule is NS(=O)(=O)CC[C@@H](O)C1CCCC1.NS(=O)(=O)CC[C@H](O)C1CCCC1. The fourth-order valence-corrected chi connectivity index (χ4v) is 4.87. The zero-order valence-electron chi connectivity index (χ0n) is 15.3. The van der Waals surface area contributed by atoms with Gasteiger partial charge in [-0.2, -0.15) is 0 Å². The highest BCUT2D eigenvalue weighted by atomic mass is 32.2. The van der Waals surface area contributed by atoms with Crippen molar-refractivity contribution in [3.05, 3.63) is 0 Å². The van der Waals surface area contributed by atoms with Crippen molar-refractivity contribution >= 4 is 20.0 Å². The van der Waals surface area contributed by atoms with E-state index in [-0.39, 0.29) is 24.3 Å². The minimum Gasteiger partial charge on any atom is -0.393 e. The maximum Gasteiger partial charge on any atom is 0.209 e. The molecule has 0 bridgehead atoms. The molecule has 0 aromatic rings. The average molecular weight is 415 g/mol. The van der Waals surface area contributed by atoms with E-state index in [1.165, 1.54) is 0 Å². The van der Waals surface area contributed by atoms with E-state index in [0.717, 1.165) is 51.4 Å². The van der Waals surface area contributed by atoms with Gasteiger partial charge in [-0.15, -0.1) is 0 Å². The summed E-state index contributed by atoms with van der Waals surface area (Å²) in [6, 6.07) is 0. The molecule has 0 spiro atoms. The van der Waals surface area contributed by atoms with E-state index in [4.69, 9.17) is 10.3 Å². The average Bonchev–Trinajstić information content (AvgIpc) is 3.22. The summed E-state index contributed by atoms with van der Waals surface area (Å²) in [5.41, 5.74) is 0. The standard InChI is InChI=1S/2C8H17NO3S/c2*9-13(11,12)6-5-8(10)7-3-1-2-4-7/h2*7-8,10H,1-6H2,(H2,9,11,12)/t2*8-/m10/s1. The van der Waals surface area contributed by atoms with E-state index in [9.17, 15) is 27.0 Å². The van der Waals surface area contributed by atoms with Crippen molar-refractivity contribution in [2.75, 3.05) is 11.5 Å². The van der Waals surface area contributed by atoms with Gasteiger partial charge in [-0.25, -0.2) is 27.1 Å². The molecule has 0 unspecified atom stereocenters. The zero-order chi connectivity index (χ0) is 19.8. The van der Waals surface area contributed by atoms with Gasteiger partial charge >= 0.3 is 0 Å². The first-order chi connectivity index (χ1) is 12.0. The van der Waals surface area contributed by atoms with Gasteiger partial charge in [0.25, 0.3) is 0 Å². The lowest BCUT2D eigenvalue weighted by atomic mass is 9.99. The lowest BCUT2D eigenvalue weighted by Crippen LogP contribution is -2.24. The lowest BCUT2D eigenvalue weighted by molar-refractivity contribution is 0.107. The molecule has 2 saturated carbocycles. The third kappa shape index (κ3) is 10.8. The predicted molar refractivity (Wildman–Crippen MR) is 101 cm³/mol. The maximum atomic E-state index is 10.6. The largest absolute Gasteiger partial charge is 0.393 e. The van der Waals surface area contributed by atoms with Gasteiger partial charge in [0.2, 0.25) is 20.0 Å². The van der Waals surface area contributed by atoms with Crippen LogP contribution in [-0.4, -0.2) is 50.8 Å². The molecule has 0 aliphatic heterocycles. The molecular weight excluding hydrogens is 380 g/mol. The van der Waals surface area contributed by atoms with Crippen LogP contribution in [0.4, 0.5) is 0 Å². The molecule has 0 saturated heterocycles. The van der Waals surface area contributed by atoms with Gasteiger partial charge in [-0.05, 0) is 50.4 Å². The summed E-state index contributed by atoms with van der Waals surface area (Å²) in [5.74, 6) is 0.374. The number of aliphatic hydroxyl groups excluding tert-OH is 2. The fraction of sp³-hybridized carbons (Fsp3) is 1.00. The summed E-state index contributed by atoms with van der Waals surface area (Å²) < 4.78 is 42.5. The second-order valence-electron chi connectivity index (χ2n) is 7.54. The Morgan fingerprint density at radius 2 is 0.962 bits per heavy atom. The highest BCUT2D eigenvalue weighted by molar-refractivity contribution is 7.89. The van der Waals surface area contributed by atoms with Crippen molar-refractivity contribution in [1.29, 1.82) is 0 Å². The van der Waals surface area contributed by atoms with E-state index >= 15 is 0 Å². The van der Waals surface area contributed by atoms with E-state index in [1.807, 2.05) is 0 Å². The molecular formula is C16H34N2O6S2. The van der Waals surface area contributed by atoms with E-state index < -0.39 is 32.3 Å². The number of primary sulfonamides is 2. The van der Waals surface area contributed by atoms with Crippen LogP contribution in [0.15, 0.2) is 0 Å². The van der Waals surface area contributed by atoms with Gasteiger partial charge in [-0.1, -0.05) is 25.7 Å². The van der Waals surface area contributed by atoms with Crippen LogP contribution in [0, 0.1) is 11.8 Å². The number of nitrogens with two attached hydrogens (primary N) is 2. The second-order valence-corrected chi connectivity index (χ2v) is 11.0. The number of aliphatic hydroxyl groups is 2. The quantitative estimate of drug-likeness (QED) is 0.450. The van der Waals surface area contributed by atoms with Gasteiger partial charge in [-0.3, -0.25) is 0 Å². The Hall–Kier alpha value is -0.260. The molecule has 6 N–H and O–H groups in total. The van der Waals surface area contributed by atoms with Crippen molar-refractivity contribution in [3.63, 3.8) is 0 Å². The van der Waals surface area contributed by atoms with Crippen molar-refractivity contribution in [2.45, 2.75) is 76.4 Å². The van der Waals surface area contributed by atoms with Crippen LogP contribution in [-0.2, 0) is 20.0 Å². The van der Waals surface area contributed by atoms with Gasteiger partial charge in [0, 0.05) is 0 Å². The van der Waals surface area contributed by atoms with E-state index in [2.05, 4.69) is 0 Å². The molecule has 8 nitrogen and oxygen atoms in total. The van der Waals surface area contributed by atoms with Gasteiger partial charge in [0.1, 0.15) is 0 Å².